The monoisotopic (exact) mass is 246 g/mol. The van der Waals surface area contributed by atoms with Crippen molar-refractivity contribution >= 4 is 11.8 Å². The fraction of sp³-hybridized carbons (Fsp3) is 0.182. The van der Waals surface area contributed by atoms with E-state index in [0.29, 0.717) is 24.2 Å². The van der Waals surface area contributed by atoms with Crippen LogP contribution in [0, 0.1) is 0 Å². The van der Waals surface area contributed by atoms with Gasteiger partial charge in [-0.05, 0) is 17.7 Å². The summed E-state index contributed by atoms with van der Waals surface area (Å²) in [6.45, 7) is 0.611. The number of anilines is 2. The fourth-order valence-electron chi connectivity index (χ4n) is 1.39. The van der Waals surface area contributed by atoms with E-state index in [2.05, 4.69) is 25.7 Å². The third-order valence-electron chi connectivity index (χ3n) is 2.27. The molecule has 0 aliphatic rings. The molecule has 0 unspecified atom stereocenters. The smallest absolute Gasteiger partial charge is 0.239 e. The van der Waals surface area contributed by atoms with Crippen LogP contribution in [0.5, 0.6) is 5.88 Å². The first kappa shape index (κ1) is 12.1. The Morgan fingerprint density at radius 2 is 2.11 bits per heavy atom. The van der Waals surface area contributed by atoms with Gasteiger partial charge in [-0.3, -0.25) is 5.43 Å². The summed E-state index contributed by atoms with van der Waals surface area (Å²) in [6.07, 6.45) is 3.32. The molecule has 2 aromatic heterocycles. The Balaban J connectivity index is 2.01. The lowest BCUT2D eigenvalue weighted by Gasteiger charge is -2.07. The third-order valence-corrected chi connectivity index (χ3v) is 2.27. The Hall–Kier alpha value is -2.41. The highest BCUT2D eigenvalue weighted by Gasteiger charge is 1.99. The third kappa shape index (κ3) is 3.05. The molecular formula is C11H14N6O. The number of ether oxygens (including phenoxy) is 1. The predicted molar refractivity (Wildman–Crippen MR) is 68.0 cm³/mol. The maximum Gasteiger partial charge on any atom is 0.239 e. The maximum absolute atomic E-state index is 5.24. The number of hydrogen-bond donors (Lipinski definition) is 3. The summed E-state index contributed by atoms with van der Waals surface area (Å²) in [6, 6.07) is 5.52. The van der Waals surface area contributed by atoms with Gasteiger partial charge in [0.2, 0.25) is 11.8 Å². The number of aromatic nitrogens is 3. The van der Waals surface area contributed by atoms with Crippen molar-refractivity contribution in [2.75, 3.05) is 17.9 Å². The Bertz CT molecular complexity index is 471. The molecule has 0 amide bonds. The Labute approximate surface area is 104 Å². The molecule has 18 heavy (non-hydrogen) atoms. The SMILES string of the molecule is COc1cc(CNc2ccnc(NN)n2)ccn1. The van der Waals surface area contributed by atoms with Crippen molar-refractivity contribution in [1.29, 1.82) is 0 Å². The van der Waals surface area contributed by atoms with Crippen LogP contribution in [-0.4, -0.2) is 22.1 Å². The molecule has 0 radical (unpaired) electrons. The molecular weight excluding hydrogens is 232 g/mol. The zero-order valence-electron chi connectivity index (χ0n) is 9.92. The van der Waals surface area contributed by atoms with E-state index in [4.69, 9.17) is 10.6 Å². The van der Waals surface area contributed by atoms with E-state index in [1.54, 1.807) is 25.6 Å². The molecule has 0 saturated heterocycles. The number of pyridine rings is 1. The van der Waals surface area contributed by atoms with Crippen molar-refractivity contribution in [2.24, 2.45) is 5.84 Å². The average molecular weight is 246 g/mol. The van der Waals surface area contributed by atoms with Crippen molar-refractivity contribution < 1.29 is 4.74 Å². The van der Waals surface area contributed by atoms with E-state index < -0.39 is 0 Å². The minimum absolute atomic E-state index is 0.368. The van der Waals surface area contributed by atoms with Gasteiger partial charge in [0.25, 0.3) is 0 Å². The van der Waals surface area contributed by atoms with E-state index in [1.165, 1.54) is 0 Å². The lowest BCUT2D eigenvalue weighted by Crippen LogP contribution is -2.11. The van der Waals surface area contributed by atoms with E-state index >= 15 is 0 Å². The number of nitrogen functional groups attached to an aromatic ring is 1. The van der Waals surface area contributed by atoms with Gasteiger partial charge in [-0.2, -0.15) is 4.98 Å². The van der Waals surface area contributed by atoms with Gasteiger partial charge in [0.15, 0.2) is 0 Å². The highest BCUT2D eigenvalue weighted by molar-refractivity contribution is 5.39. The second-order valence-electron chi connectivity index (χ2n) is 3.47. The van der Waals surface area contributed by atoms with Crippen LogP contribution in [0.25, 0.3) is 0 Å². The molecule has 2 rings (SSSR count). The summed E-state index contributed by atoms with van der Waals surface area (Å²) in [4.78, 5) is 12.1. The summed E-state index contributed by atoms with van der Waals surface area (Å²) in [5, 5.41) is 3.16. The van der Waals surface area contributed by atoms with Crippen molar-refractivity contribution in [2.45, 2.75) is 6.54 Å². The number of hydrazine groups is 1. The van der Waals surface area contributed by atoms with E-state index in [1.807, 2.05) is 12.1 Å². The Morgan fingerprint density at radius 3 is 2.89 bits per heavy atom. The maximum atomic E-state index is 5.24. The molecule has 0 aliphatic heterocycles. The van der Waals surface area contributed by atoms with Gasteiger partial charge in [-0.15, -0.1) is 0 Å². The number of nitrogens with two attached hydrogens (primary N) is 1. The largest absolute Gasteiger partial charge is 0.481 e. The molecule has 0 saturated carbocycles. The van der Waals surface area contributed by atoms with Crippen LogP contribution >= 0.6 is 0 Å². The summed E-state index contributed by atoms with van der Waals surface area (Å²) in [7, 11) is 1.59. The average Bonchev–Trinajstić information content (AvgIpc) is 2.45. The van der Waals surface area contributed by atoms with Crippen LogP contribution in [0.1, 0.15) is 5.56 Å². The van der Waals surface area contributed by atoms with Crippen molar-refractivity contribution in [1.82, 2.24) is 15.0 Å². The van der Waals surface area contributed by atoms with Crippen LogP contribution in [0.2, 0.25) is 0 Å². The minimum Gasteiger partial charge on any atom is -0.481 e. The molecule has 2 heterocycles. The Morgan fingerprint density at radius 1 is 1.28 bits per heavy atom. The van der Waals surface area contributed by atoms with Gasteiger partial charge < -0.3 is 10.1 Å². The second kappa shape index (κ2) is 5.78. The topological polar surface area (TPSA) is 98.0 Å². The summed E-state index contributed by atoms with van der Waals surface area (Å²) in [5.41, 5.74) is 3.44. The molecule has 0 spiro atoms. The molecule has 94 valence electrons. The number of nitrogens with zero attached hydrogens (tertiary/aromatic N) is 3. The van der Waals surface area contributed by atoms with E-state index in [-0.39, 0.29) is 0 Å². The van der Waals surface area contributed by atoms with Crippen LogP contribution in [-0.2, 0) is 6.54 Å². The first-order valence-corrected chi connectivity index (χ1v) is 5.34. The summed E-state index contributed by atoms with van der Waals surface area (Å²) >= 11 is 0. The standard InChI is InChI=1S/C11H14N6O/c1-18-10-6-8(2-4-13-10)7-15-9-3-5-14-11(16-9)17-12/h2-6H,7,12H2,1H3,(H2,14,15,16,17). The quantitative estimate of drug-likeness (QED) is 0.529. The van der Waals surface area contributed by atoms with Gasteiger partial charge >= 0.3 is 0 Å². The fourth-order valence-corrected chi connectivity index (χ4v) is 1.39. The lowest BCUT2D eigenvalue weighted by molar-refractivity contribution is 0.397. The highest BCUT2D eigenvalue weighted by Crippen LogP contribution is 2.11. The first-order valence-electron chi connectivity index (χ1n) is 5.34. The lowest BCUT2D eigenvalue weighted by atomic mass is 10.2. The second-order valence-corrected chi connectivity index (χ2v) is 3.47. The minimum atomic E-state index is 0.368. The molecule has 0 bridgehead atoms. The van der Waals surface area contributed by atoms with Crippen molar-refractivity contribution in [3.8, 4) is 5.88 Å². The molecule has 0 fully saturated rings. The highest BCUT2D eigenvalue weighted by atomic mass is 16.5. The van der Waals surface area contributed by atoms with Gasteiger partial charge in [-0.25, -0.2) is 15.8 Å². The normalized spacial score (nSPS) is 9.89. The zero-order valence-corrected chi connectivity index (χ0v) is 9.92. The van der Waals surface area contributed by atoms with Crippen LogP contribution < -0.4 is 21.3 Å². The number of hydrogen-bond acceptors (Lipinski definition) is 7. The molecule has 7 nitrogen and oxygen atoms in total. The van der Waals surface area contributed by atoms with Crippen LogP contribution in [0.15, 0.2) is 30.6 Å². The number of rotatable bonds is 5. The van der Waals surface area contributed by atoms with Crippen molar-refractivity contribution in [3.63, 3.8) is 0 Å². The molecule has 0 aliphatic carbocycles. The van der Waals surface area contributed by atoms with Crippen LogP contribution in [0.4, 0.5) is 11.8 Å². The van der Waals surface area contributed by atoms with Gasteiger partial charge in [-0.1, -0.05) is 0 Å². The molecule has 4 N–H and O–H groups in total. The Kier molecular flexibility index (Phi) is 3.87. The molecule has 0 aromatic carbocycles. The zero-order chi connectivity index (χ0) is 12.8. The van der Waals surface area contributed by atoms with E-state index in [0.717, 1.165) is 5.56 Å². The predicted octanol–water partition coefficient (Wildman–Crippen LogP) is 0.778. The molecule has 7 heteroatoms. The summed E-state index contributed by atoms with van der Waals surface area (Å²) < 4.78 is 5.05. The van der Waals surface area contributed by atoms with Gasteiger partial charge in [0, 0.05) is 25.0 Å². The van der Waals surface area contributed by atoms with Gasteiger partial charge in [0.1, 0.15) is 5.82 Å². The number of nitrogens with one attached hydrogen (secondary N) is 2. The molecule has 2 aromatic rings. The number of methoxy groups -OCH3 is 1. The first-order chi connectivity index (χ1) is 8.81. The van der Waals surface area contributed by atoms with Crippen LogP contribution in [0.3, 0.4) is 0 Å². The molecule has 0 atom stereocenters. The van der Waals surface area contributed by atoms with Crippen molar-refractivity contribution in [3.05, 3.63) is 36.2 Å². The van der Waals surface area contributed by atoms with Gasteiger partial charge in [0.05, 0.1) is 7.11 Å². The summed E-state index contributed by atoms with van der Waals surface area (Å²) in [5.74, 6) is 6.88. The van der Waals surface area contributed by atoms with E-state index in [9.17, 15) is 0 Å².